The summed E-state index contributed by atoms with van der Waals surface area (Å²) >= 11 is 0. The number of carboxylic acids is 1. The van der Waals surface area contributed by atoms with Crippen LogP contribution >= 0.6 is 0 Å². The summed E-state index contributed by atoms with van der Waals surface area (Å²) in [6, 6.07) is 3.54. The first-order chi connectivity index (χ1) is 13.6. The Balaban J connectivity index is 1.76. The van der Waals surface area contributed by atoms with E-state index in [1.54, 1.807) is 6.07 Å². The van der Waals surface area contributed by atoms with E-state index in [1.165, 1.54) is 25.7 Å². The number of phenols is 2. The Morgan fingerprint density at radius 3 is 2.17 bits per heavy atom. The molecule has 1 aliphatic carbocycles. The molecule has 164 valence electrons. The van der Waals surface area contributed by atoms with Crippen LogP contribution in [0.4, 0.5) is 0 Å². The zero-order valence-corrected chi connectivity index (χ0v) is 18.6. The van der Waals surface area contributed by atoms with E-state index in [0.29, 0.717) is 5.41 Å². The van der Waals surface area contributed by atoms with E-state index < -0.39 is 11.4 Å². The molecule has 3 N–H and O–H groups in total. The van der Waals surface area contributed by atoms with Gasteiger partial charge in [-0.3, -0.25) is 4.79 Å². The smallest absolute Gasteiger partial charge is 0.309 e. The van der Waals surface area contributed by atoms with Crippen LogP contribution in [0, 0.1) is 10.8 Å². The highest BCUT2D eigenvalue weighted by molar-refractivity contribution is 5.77. The molecule has 4 nitrogen and oxygen atoms in total. The summed E-state index contributed by atoms with van der Waals surface area (Å²) in [5.41, 5.74) is 1.98. The molecule has 29 heavy (non-hydrogen) atoms. The van der Waals surface area contributed by atoms with Crippen molar-refractivity contribution in [2.24, 2.45) is 10.8 Å². The van der Waals surface area contributed by atoms with Gasteiger partial charge in [-0.15, -0.1) is 0 Å². The average molecular weight is 405 g/mol. The monoisotopic (exact) mass is 404 g/mol. The van der Waals surface area contributed by atoms with Gasteiger partial charge in [0.25, 0.3) is 0 Å². The number of unbranched alkanes of at least 4 members (excludes halogenated alkanes) is 5. The molecule has 0 spiro atoms. The highest BCUT2D eigenvalue weighted by Crippen LogP contribution is 2.50. The summed E-state index contributed by atoms with van der Waals surface area (Å²) in [5, 5.41) is 29.5. The van der Waals surface area contributed by atoms with Gasteiger partial charge in [-0.1, -0.05) is 58.9 Å². The molecule has 0 atom stereocenters. The number of carboxylic acid groups (broad SMARTS) is 1. The molecule has 1 aromatic carbocycles. The van der Waals surface area contributed by atoms with Crippen LogP contribution in [0.2, 0.25) is 0 Å². The van der Waals surface area contributed by atoms with Crippen molar-refractivity contribution in [1.82, 2.24) is 0 Å². The molecule has 0 aliphatic heterocycles. The number of benzene rings is 1. The highest BCUT2D eigenvalue weighted by atomic mass is 16.4. The molecule has 0 amide bonds. The van der Waals surface area contributed by atoms with Crippen molar-refractivity contribution in [3.63, 3.8) is 0 Å². The fourth-order valence-corrected chi connectivity index (χ4v) is 4.17. The Labute approximate surface area is 176 Å². The van der Waals surface area contributed by atoms with Crippen molar-refractivity contribution in [2.45, 2.75) is 104 Å². The number of hydrogen-bond acceptors (Lipinski definition) is 3. The second-order valence-electron chi connectivity index (χ2n) is 10.2. The first-order valence-corrected chi connectivity index (χ1v) is 11.4. The van der Waals surface area contributed by atoms with Crippen molar-refractivity contribution in [3.8, 4) is 11.5 Å². The average Bonchev–Trinajstić information content (AvgIpc) is 3.43. The molecule has 1 aromatic rings. The first-order valence-electron chi connectivity index (χ1n) is 11.4. The number of hydrogen-bond donors (Lipinski definition) is 3. The van der Waals surface area contributed by atoms with Crippen molar-refractivity contribution in [1.29, 1.82) is 0 Å². The number of aliphatic carboxylic acids is 1. The van der Waals surface area contributed by atoms with Gasteiger partial charge in [0.1, 0.15) is 0 Å². The van der Waals surface area contributed by atoms with Gasteiger partial charge in [-0.2, -0.15) is 0 Å². The number of carbonyl (C=O) groups is 1. The van der Waals surface area contributed by atoms with Gasteiger partial charge in [0, 0.05) is 5.56 Å². The van der Waals surface area contributed by atoms with Crippen molar-refractivity contribution in [3.05, 3.63) is 23.3 Å². The second-order valence-corrected chi connectivity index (χ2v) is 10.2. The maximum atomic E-state index is 11.2. The molecule has 0 aromatic heterocycles. The van der Waals surface area contributed by atoms with Crippen LogP contribution in [0.3, 0.4) is 0 Å². The van der Waals surface area contributed by atoms with Crippen molar-refractivity contribution in [2.75, 3.05) is 0 Å². The van der Waals surface area contributed by atoms with Crippen LogP contribution in [-0.4, -0.2) is 21.3 Å². The Morgan fingerprint density at radius 1 is 0.931 bits per heavy atom. The lowest BCUT2D eigenvalue weighted by molar-refractivity contribution is -0.143. The zero-order valence-electron chi connectivity index (χ0n) is 18.6. The molecular formula is C25H40O4. The third-order valence-electron chi connectivity index (χ3n) is 6.37. The molecular weight excluding hydrogens is 364 g/mol. The van der Waals surface area contributed by atoms with Crippen LogP contribution in [0.15, 0.2) is 12.1 Å². The summed E-state index contributed by atoms with van der Waals surface area (Å²) in [4.78, 5) is 11.2. The Hall–Kier alpha value is -1.71. The van der Waals surface area contributed by atoms with Crippen LogP contribution in [-0.2, 0) is 17.6 Å². The van der Waals surface area contributed by atoms with Crippen molar-refractivity contribution < 1.29 is 20.1 Å². The standard InChI is InChI=1S/C25H40O4/c1-24(2,3)15-9-5-4-7-11-19-13-14-21(26)22(27)20(19)12-8-6-10-16-25(17-18-25)23(28)29/h13-14,26-27H,4-12,15-18H2,1-3H3,(H,28,29). The number of phenolic OH excluding ortho intramolecular Hbond substituents is 2. The SMILES string of the molecule is CC(C)(C)CCCCCCc1ccc(O)c(O)c1CCCCCC1(C(=O)O)CC1. The number of aryl methyl sites for hydroxylation is 1. The minimum absolute atomic E-state index is 0.0273. The summed E-state index contributed by atoms with van der Waals surface area (Å²) in [7, 11) is 0. The Bertz CT molecular complexity index is 668. The van der Waals surface area contributed by atoms with E-state index >= 15 is 0 Å². The molecule has 0 radical (unpaired) electrons. The highest BCUT2D eigenvalue weighted by Gasteiger charge is 2.49. The van der Waals surface area contributed by atoms with E-state index in [1.807, 2.05) is 6.07 Å². The number of aromatic hydroxyl groups is 2. The minimum Gasteiger partial charge on any atom is -0.504 e. The maximum absolute atomic E-state index is 11.2. The maximum Gasteiger partial charge on any atom is 0.309 e. The van der Waals surface area contributed by atoms with E-state index in [4.69, 9.17) is 0 Å². The molecule has 1 fully saturated rings. The van der Waals surface area contributed by atoms with Gasteiger partial charge in [0.05, 0.1) is 5.41 Å². The topological polar surface area (TPSA) is 77.8 Å². The summed E-state index contributed by atoms with van der Waals surface area (Å²) < 4.78 is 0. The van der Waals surface area contributed by atoms with E-state index in [2.05, 4.69) is 20.8 Å². The largest absolute Gasteiger partial charge is 0.504 e. The summed E-state index contributed by atoms with van der Waals surface area (Å²) in [6.07, 6.45) is 12.9. The third-order valence-corrected chi connectivity index (χ3v) is 6.37. The van der Waals surface area contributed by atoms with Gasteiger partial charge in [0.15, 0.2) is 11.5 Å². The molecule has 4 heteroatoms. The summed E-state index contributed by atoms with van der Waals surface area (Å²) in [6.45, 7) is 6.85. The van der Waals surface area contributed by atoms with Crippen LogP contribution in [0.5, 0.6) is 11.5 Å². The molecule has 2 rings (SSSR count). The quantitative estimate of drug-likeness (QED) is 0.255. The van der Waals surface area contributed by atoms with Gasteiger partial charge >= 0.3 is 5.97 Å². The number of rotatable bonds is 13. The molecule has 1 saturated carbocycles. The molecule has 0 bridgehead atoms. The second kappa shape index (κ2) is 10.4. The van der Waals surface area contributed by atoms with E-state index in [0.717, 1.165) is 68.9 Å². The predicted molar refractivity (Wildman–Crippen MR) is 117 cm³/mol. The predicted octanol–water partition coefficient (Wildman–Crippen LogP) is 6.60. The van der Waals surface area contributed by atoms with Crippen LogP contribution in [0.1, 0.15) is 103 Å². The van der Waals surface area contributed by atoms with E-state index in [9.17, 15) is 20.1 Å². The first kappa shape index (κ1) is 23.6. The van der Waals surface area contributed by atoms with Gasteiger partial charge in [-0.05, 0) is 68.4 Å². The van der Waals surface area contributed by atoms with Crippen molar-refractivity contribution >= 4 is 5.97 Å². The zero-order chi connectivity index (χ0) is 21.5. The van der Waals surface area contributed by atoms with Crippen LogP contribution < -0.4 is 0 Å². The van der Waals surface area contributed by atoms with Gasteiger partial charge in [0.2, 0.25) is 0 Å². The summed E-state index contributed by atoms with van der Waals surface area (Å²) in [5.74, 6) is -0.663. The van der Waals surface area contributed by atoms with Gasteiger partial charge in [-0.25, -0.2) is 0 Å². The van der Waals surface area contributed by atoms with Crippen LogP contribution in [0.25, 0.3) is 0 Å². The Kier molecular flexibility index (Phi) is 8.42. The minimum atomic E-state index is -0.645. The lowest BCUT2D eigenvalue weighted by Crippen LogP contribution is -2.14. The van der Waals surface area contributed by atoms with E-state index in [-0.39, 0.29) is 11.5 Å². The lowest BCUT2D eigenvalue weighted by atomic mass is 9.89. The molecule has 1 aliphatic rings. The fourth-order valence-electron chi connectivity index (χ4n) is 4.17. The molecule has 0 unspecified atom stereocenters. The molecule has 0 saturated heterocycles. The third kappa shape index (κ3) is 7.56. The normalized spacial score (nSPS) is 15.4. The fraction of sp³-hybridized carbons (Fsp3) is 0.720. The Morgan fingerprint density at radius 2 is 1.55 bits per heavy atom. The van der Waals surface area contributed by atoms with Gasteiger partial charge < -0.3 is 15.3 Å². The lowest BCUT2D eigenvalue weighted by Gasteiger charge is -2.17. The molecule has 0 heterocycles.